The predicted octanol–water partition coefficient (Wildman–Crippen LogP) is 7.47. The van der Waals surface area contributed by atoms with Crippen molar-refractivity contribution in [3.63, 3.8) is 0 Å². The predicted molar refractivity (Wildman–Crippen MR) is 138 cm³/mol. The maximum Gasteiger partial charge on any atom is 0.416 e. The van der Waals surface area contributed by atoms with Gasteiger partial charge in [0.2, 0.25) is 0 Å². The molecule has 9 heteroatoms. The monoisotopic (exact) mass is 518 g/mol. The number of hydrogen-bond acceptors (Lipinski definition) is 5. The largest absolute Gasteiger partial charge is 0.493 e. The minimum absolute atomic E-state index is 0.0810. The van der Waals surface area contributed by atoms with Crippen LogP contribution in [0.5, 0.6) is 23.0 Å². The number of nitrogens with zero attached hydrogens (tertiary/aromatic N) is 1. The number of benzene rings is 4. The van der Waals surface area contributed by atoms with Gasteiger partial charge in [-0.25, -0.2) is 0 Å². The van der Waals surface area contributed by atoms with Gasteiger partial charge >= 0.3 is 6.18 Å². The summed E-state index contributed by atoms with van der Waals surface area (Å²) in [5.41, 5.74) is 0.176. The van der Waals surface area contributed by atoms with E-state index in [2.05, 4.69) is 10.3 Å². The molecule has 38 heavy (non-hydrogen) atoms. The first kappa shape index (κ1) is 24.9. The van der Waals surface area contributed by atoms with E-state index in [1.807, 2.05) is 12.1 Å². The minimum Gasteiger partial charge on any atom is -0.493 e. The third-order valence-electron chi connectivity index (χ3n) is 5.96. The van der Waals surface area contributed by atoms with Crippen LogP contribution in [0.3, 0.4) is 0 Å². The van der Waals surface area contributed by atoms with Gasteiger partial charge < -0.3 is 19.5 Å². The van der Waals surface area contributed by atoms with Gasteiger partial charge in [0.15, 0.2) is 11.5 Å². The number of ether oxygens (including phenoxy) is 3. The molecule has 0 unspecified atom stereocenters. The topological polar surface area (TPSA) is 69.7 Å². The van der Waals surface area contributed by atoms with E-state index in [1.54, 1.807) is 62.9 Å². The van der Waals surface area contributed by atoms with E-state index in [-0.39, 0.29) is 5.56 Å². The Bertz CT molecular complexity index is 1670. The van der Waals surface area contributed by atoms with Crippen LogP contribution >= 0.6 is 0 Å². The number of carbonyl (C=O) groups excluding carboxylic acids is 1. The van der Waals surface area contributed by atoms with Gasteiger partial charge in [-0.1, -0.05) is 18.2 Å². The highest BCUT2D eigenvalue weighted by atomic mass is 19.4. The van der Waals surface area contributed by atoms with Crippen molar-refractivity contribution in [1.82, 2.24) is 4.98 Å². The van der Waals surface area contributed by atoms with Crippen LogP contribution in [0.2, 0.25) is 0 Å². The first-order valence-corrected chi connectivity index (χ1v) is 11.5. The number of carbonyl (C=O) groups is 1. The van der Waals surface area contributed by atoms with Crippen LogP contribution in [0.4, 0.5) is 18.9 Å². The summed E-state index contributed by atoms with van der Waals surface area (Å²) < 4.78 is 55.9. The quantitative estimate of drug-likeness (QED) is 0.253. The standard InChI is InChI=1S/C29H21F3N2O4/c1-36-26-15-23-24(16-27(26)37-2)33-11-10-25(23)38-22-9-7-17-13-21(8-6-18(17)14-22)34-28(35)19-4-3-5-20(12-19)29(30,31)32/h3-16H,1-2H3,(H,34,35). The van der Waals surface area contributed by atoms with E-state index < -0.39 is 17.6 Å². The van der Waals surface area contributed by atoms with Crippen LogP contribution in [0.1, 0.15) is 15.9 Å². The molecule has 5 rings (SSSR count). The van der Waals surface area contributed by atoms with Gasteiger partial charge in [-0.15, -0.1) is 0 Å². The summed E-state index contributed by atoms with van der Waals surface area (Å²) in [6.07, 6.45) is -2.88. The van der Waals surface area contributed by atoms with Crippen molar-refractivity contribution < 1.29 is 32.2 Å². The van der Waals surface area contributed by atoms with Gasteiger partial charge in [-0.3, -0.25) is 9.78 Å². The zero-order valence-corrected chi connectivity index (χ0v) is 20.3. The van der Waals surface area contributed by atoms with Gasteiger partial charge in [0.05, 0.1) is 25.3 Å². The molecule has 0 aliphatic carbocycles. The van der Waals surface area contributed by atoms with Crippen LogP contribution in [-0.2, 0) is 6.18 Å². The highest BCUT2D eigenvalue weighted by molar-refractivity contribution is 6.05. The zero-order valence-electron chi connectivity index (χ0n) is 20.3. The summed E-state index contributed by atoms with van der Waals surface area (Å²) in [4.78, 5) is 16.9. The molecule has 0 aliphatic rings. The van der Waals surface area contributed by atoms with E-state index in [4.69, 9.17) is 14.2 Å². The maximum absolute atomic E-state index is 13.0. The molecule has 0 saturated heterocycles. The first-order valence-electron chi connectivity index (χ1n) is 11.5. The Balaban J connectivity index is 1.38. The lowest BCUT2D eigenvalue weighted by atomic mass is 10.1. The molecule has 0 aliphatic heterocycles. The molecule has 1 aromatic heterocycles. The second-order valence-corrected chi connectivity index (χ2v) is 8.39. The van der Waals surface area contributed by atoms with Gasteiger partial charge in [0, 0.05) is 28.9 Å². The smallest absolute Gasteiger partial charge is 0.416 e. The van der Waals surface area contributed by atoms with Crippen molar-refractivity contribution in [2.45, 2.75) is 6.18 Å². The SMILES string of the molecule is COc1cc2nccc(Oc3ccc4cc(NC(=O)c5cccc(C(F)(F)F)c5)ccc4c3)c2cc1OC. The molecule has 1 N–H and O–H groups in total. The van der Waals surface area contributed by atoms with E-state index >= 15 is 0 Å². The molecule has 0 saturated carbocycles. The number of hydrogen-bond donors (Lipinski definition) is 1. The Hall–Kier alpha value is -4.79. The Morgan fingerprint density at radius 3 is 2.32 bits per heavy atom. The van der Waals surface area contributed by atoms with E-state index in [9.17, 15) is 18.0 Å². The van der Waals surface area contributed by atoms with Gasteiger partial charge in [-0.2, -0.15) is 13.2 Å². The number of fused-ring (bicyclic) bond motifs is 2. The van der Waals surface area contributed by atoms with Gasteiger partial charge in [0.25, 0.3) is 5.91 Å². The fraction of sp³-hybridized carbons (Fsp3) is 0.103. The second kappa shape index (κ2) is 9.93. The Kier molecular flexibility index (Phi) is 6.50. The number of rotatable bonds is 6. The Morgan fingerprint density at radius 2 is 1.55 bits per heavy atom. The Labute approximate surface area is 215 Å². The van der Waals surface area contributed by atoms with E-state index in [1.165, 1.54) is 12.1 Å². The summed E-state index contributed by atoms with van der Waals surface area (Å²) in [5.74, 6) is 1.65. The van der Waals surface area contributed by atoms with Crippen molar-refractivity contribution in [3.05, 3.63) is 96.2 Å². The molecule has 6 nitrogen and oxygen atoms in total. The van der Waals surface area contributed by atoms with Crippen LogP contribution in [0.25, 0.3) is 21.7 Å². The molecule has 4 aromatic carbocycles. The number of alkyl halides is 3. The van der Waals surface area contributed by atoms with Crippen LogP contribution in [0.15, 0.2) is 85.1 Å². The van der Waals surface area contributed by atoms with Crippen molar-refractivity contribution in [2.24, 2.45) is 0 Å². The molecule has 0 bridgehead atoms. The summed E-state index contributed by atoms with van der Waals surface area (Å²) >= 11 is 0. The molecular formula is C29H21F3N2O4. The Morgan fingerprint density at radius 1 is 0.816 bits per heavy atom. The third-order valence-corrected chi connectivity index (χ3v) is 5.96. The minimum atomic E-state index is -4.53. The lowest BCUT2D eigenvalue weighted by Gasteiger charge is -2.13. The molecule has 0 fully saturated rings. The summed E-state index contributed by atoms with van der Waals surface area (Å²) in [6.45, 7) is 0. The number of amides is 1. The van der Waals surface area contributed by atoms with Gasteiger partial charge in [-0.05, 0) is 65.4 Å². The number of aromatic nitrogens is 1. The molecule has 0 spiro atoms. The second-order valence-electron chi connectivity index (χ2n) is 8.39. The van der Waals surface area contributed by atoms with Crippen molar-refractivity contribution in [2.75, 3.05) is 19.5 Å². The van der Waals surface area contributed by atoms with Crippen molar-refractivity contribution in [1.29, 1.82) is 0 Å². The van der Waals surface area contributed by atoms with Crippen LogP contribution in [0, 0.1) is 0 Å². The lowest BCUT2D eigenvalue weighted by Crippen LogP contribution is -2.13. The summed E-state index contributed by atoms with van der Waals surface area (Å²) in [7, 11) is 3.11. The third kappa shape index (κ3) is 5.04. The van der Waals surface area contributed by atoms with Crippen molar-refractivity contribution >= 4 is 33.3 Å². The molecule has 0 radical (unpaired) electrons. The zero-order chi connectivity index (χ0) is 26.9. The summed E-state index contributed by atoms with van der Waals surface area (Å²) in [5, 5.41) is 5.06. The number of nitrogens with one attached hydrogen (secondary N) is 1. The lowest BCUT2D eigenvalue weighted by molar-refractivity contribution is -0.137. The maximum atomic E-state index is 13.0. The normalized spacial score (nSPS) is 11.4. The molecule has 192 valence electrons. The molecule has 5 aromatic rings. The molecule has 0 atom stereocenters. The highest BCUT2D eigenvalue weighted by Crippen LogP contribution is 2.37. The average Bonchev–Trinajstić information content (AvgIpc) is 2.92. The fourth-order valence-corrected chi connectivity index (χ4v) is 4.07. The van der Waals surface area contributed by atoms with Crippen molar-refractivity contribution in [3.8, 4) is 23.0 Å². The fourth-order valence-electron chi connectivity index (χ4n) is 4.07. The number of pyridine rings is 1. The number of anilines is 1. The number of halogens is 3. The number of methoxy groups -OCH3 is 2. The van der Waals surface area contributed by atoms with Crippen LogP contribution < -0.4 is 19.5 Å². The first-order chi connectivity index (χ1) is 18.2. The highest BCUT2D eigenvalue weighted by Gasteiger charge is 2.30. The summed E-state index contributed by atoms with van der Waals surface area (Å²) in [6, 6.07) is 20.3. The average molecular weight is 518 g/mol. The molecule has 1 heterocycles. The molecule has 1 amide bonds. The molecular weight excluding hydrogens is 497 g/mol. The van der Waals surface area contributed by atoms with E-state index in [0.717, 1.165) is 28.3 Å². The van der Waals surface area contributed by atoms with Crippen LogP contribution in [-0.4, -0.2) is 25.1 Å². The van der Waals surface area contributed by atoms with Gasteiger partial charge in [0.1, 0.15) is 11.5 Å². The van der Waals surface area contributed by atoms with E-state index in [0.29, 0.717) is 34.2 Å².